The van der Waals surface area contributed by atoms with Gasteiger partial charge in [-0.3, -0.25) is 9.59 Å². The smallest absolute Gasteiger partial charge is 0.242 e. The molecule has 28 heavy (non-hydrogen) atoms. The third kappa shape index (κ3) is 6.12. The number of likely N-dealkylation sites (N-methyl/N-ethyl adjacent to an activating group) is 1. The second kappa shape index (κ2) is 10.7. The Kier molecular flexibility index (Phi) is 8.60. The van der Waals surface area contributed by atoms with Gasteiger partial charge in [0.15, 0.2) is 0 Å². The molecular formula is C20H21Cl2FN2O2S. The number of nitrogens with one attached hydrogen (secondary N) is 1. The molecule has 8 heteroatoms. The molecule has 0 radical (unpaired) electrons. The normalized spacial score (nSPS) is 11.8. The highest BCUT2D eigenvalue weighted by molar-refractivity contribution is 7.99. The number of amides is 2. The number of thioether (sulfide) groups is 1. The number of rotatable bonds is 8. The van der Waals surface area contributed by atoms with E-state index in [0.29, 0.717) is 15.6 Å². The van der Waals surface area contributed by atoms with Gasteiger partial charge in [-0.1, -0.05) is 41.4 Å². The van der Waals surface area contributed by atoms with E-state index in [0.717, 1.165) is 5.56 Å². The van der Waals surface area contributed by atoms with Crippen molar-refractivity contribution in [2.45, 2.75) is 25.3 Å². The zero-order valence-electron chi connectivity index (χ0n) is 15.5. The van der Waals surface area contributed by atoms with Crippen molar-refractivity contribution in [3.8, 4) is 0 Å². The SMILES string of the molecule is CNC(=O)[C@H](C)N(Cc1cccc(Cl)c1)C(=O)CSCc1c(F)cccc1Cl. The molecule has 2 aromatic rings. The molecule has 0 bridgehead atoms. The number of hydrogen-bond acceptors (Lipinski definition) is 3. The van der Waals surface area contributed by atoms with Gasteiger partial charge in [0.05, 0.1) is 5.75 Å². The molecule has 0 saturated carbocycles. The van der Waals surface area contributed by atoms with Gasteiger partial charge in [0.2, 0.25) is 11.8 Å². The van der Waals surface area contributed by atoms with Crippen LogP contribution in [0.2, 0.25) is 10.0 Å². The largest absolute Gasteiger partial charge is 0.357 e. The standard InChI is InChI=1S/C20H21Cl2FN2O2S/c1-13(20(27)24-2)25(10-14-5-3-6-15(21)9-14)19(26)12-28-11-16-17(22)7-4-8-18(16)23/h3-9,13H,10-12H2,1-2H3,(H,24,27)/t13-/m0/s1. The predicted molar refractivity (Wildman–Crippen MR) is 113 cm³/mol. The molecule has 0 aliphatic heterocycles. The fraction of sp³-hybridized carbons (Fsp3) is 0.300. The lowest BCUT2D eigenvalue weighted by Crippen LogP contribution is -2.47. The second-order valence-corrected chi connectivity index (χ2v) is 7.96. The van der Waals surface area contributed by atoms with Crippen LogP contribution in [0.3, 0.4) is 0 Å². The summed E-state index contributed by atoms with van der Waals surface area (Å²) in [5, 5.41) is 3.45. The minimum atomic E-state index is -0.658. The molecule has 2 amide bonds. The predicted octanol–water partition coefficient (Wildman–Crippen LogP) is 4.53. The minimum Gasteiger partial charge on any atom is -0.357 e. The quantitative estimate of drug-likeness (QED) is 0.653. The summed E-state index contributed by atoms with van der Waals surface area (Å²) in [6.07, 6.45) is 0. The monoisotopic (exact) mass is 442 g/mol. The van der Waals surface area contributed by atoms with Crippen molar-refractivity contribution in [1.82, 2.24) is 10.2 Å². The molecule has 4 nitrogen and oxygen atoms in total. The van der Waals surface area contributed by atoms with Crippen molar-refractivity contribution in [2.24, 2.45) is 0 Å². The molecule has 0 aliphatic carbocycles. The van der Waals surface area contributed by atoms with Gasteiger partial charge >= 0.3 is 0 Å². The molecule has 2 rings (SSSR count). The van der Waals surface area contributed by atoms with Crippen LogP contribution in [0.25, 0.3) is 0 Å². The fourth-order valence-electron chi connectivity index (χ4n) is 2.62. The number of nitrogens with zero attached hydrogens (tertiary/aromatic N) is 1. The van der Waals surface area contributed by atoms with Crippen molar-refractivity contribution in [3.63, 3.8) is 0 Å². The van der Waals surface area contributed by atoms with E-state index < -0.39 is 11.9 Å². The van der Waals surface area contributed by atoms with E-state index in [1.165, 1.54) is 35.8 Å². The Morgan fingerprint density at radius 1 is 1.21 bits per heavy atom. The Balaban J connectivity index is 2.08. The summed E-state index contributed by atoms with van der Waals surface area (Å²) in [5.74, 6) is -0.545. The highest BCUT2D eigenvalue weighted by Gasteiger charge is 2.25. The van der Waals surface area contributed by atoms with Crippen LogP contribution in [0.1, 0.15) is 18.1 Å². The topological polar surface area (TPSA) is 49.4 Å². The van der Waals surface area contributed by atoms with Crippen LogP contribution < -0.4 is 5.32 Å². The van der Waals surface area contributed by atoms with Crippen LogP contribution in [0, 0.1) is 5.82 Å². The summed E-state index contributed by atoms with van der Waals surface area (Å²) in [5.41, 5.74) is 1.18. The van der Waals surface area contributed by atoms with Crippen LogP contribution in [0.4, 0.5) is 4.39 Å². The molecule has 0 heterocycles. The lowest BCUT2D eigenvalue weighted by atomic mass is 10.1. The zero-order chi connectivity index (χ0) is 20.7. The molecule has 1 N–H and O–H groups in total. The number of benzene rings is 2. The molecule has 150 valence electrons. The van der Waals surface area contributed by atoms with Gasteiger partial charge in [-0.25, -0.2) is 4.39 Å². The van der Waals surface area contributed by atoms with Crippen molar-refractivity contribution >= 4 is 46.8 Å². The molecule has 1 atom stereocenters. The van der Waals surface area contributed by atoms with Gasteiger partial charge in [0.25, 0.3) is 0 Å². The van der Waals surface area contributed by atoms with E-state index >= 15 is 0 Å². The van der Waals surface area contributed by atoms with Crippen LogP contribution in [-0.2, 0) is 21.9 Å². The molecule has 0 fully saturated rings. The lowest BCUT2D eigenvalue weighted by molar-refractivity contribution is -0.138. The highest BCUT2D eigenvalue weighted by atomic mass is 35.5. The maximum absolute atomic E-state index is 13.9. The summed E-state index contributed by atoms with van der Waals surface area (Å²) in [4.78, 5) is 26.4. The molecule has 0 aliphatic rings. The minimum absolute atomic E-state index is 0.0898. The Bertz CT molecular complexity index is 830. The third-order valence-electron chi connectivity index (χ3n) is 4.19. The van der Waals surface area contributed by atoms with E-state index in [1.807, 2.05) is 6.07 Å². The van der Waals surface area contributed by atoms with E-state index in [2.05, 4.69) is 5.32 Å². The zero-order valence-corrected chi connectivity index (χ0v) is 17.9. The maximum atomic E-state index is 13.9. The Hall–Kier alpha value is -1.76. The van der Waals surface area contributed by atoms with Gasteiger partial charge in [-0.05, 0) is 36.8 Å². The number of halogens is 3. The van der Waals surface area contributed by atoms with Crippen LogP contribution in [0.15, 0.2) is 42.5 Å². The number of hydrogen-bond donors (Lipinski definition) is 1. The summed E-state index contributed by atoms with van der Waals surface area (Å²) < 4.78 is 13.9. The molecule has 0 spiro atoms. The van der Waals surface area contributed by atoms with Crippen LogP contribution >= 0.6 is 35.0 Å². The first kappa shape index (κ1) is 22.5. The average molecular weight is 443 g/mol. The van der Waals surface area contributed by atoms with Gasteiger partial charge in [0.1, 0.15) is 11.9 Å². The van der Waals surface area contributed by atoms with Crippen LogP contribution in [-0.4, -0.2) is 35.6 Å². The lowest BCUT2D eigenvalue weighted by Gasteiger charge is -2.28. The van der Waals surface area contributed by atoms with E-state index in [1.54, 1.807) is 31.2 Å². The molecule has 0 unspecified atom stereocenters. The Labute approximate surface area is 178 Å². The van der Waals surface area contributed by atoms with Crippen molar-refractivity contribution in [2.75, 3.05) is 12.8 Å². The van der Waals surface area contributed by atoms with Crippen molar-refractivity contribution in [1.29, 1.82) is 0 Å². The Morgan fingerprint density at radius 2 is 1.93 bits per heavy atom. The first-order valence-corrected chi connectivity index (χ1v) is 10.5. The van der Waals surface area contributed by atoms with Gasteiger partial charge in [0, 0.05) is 35.0 Å². The molecule has 0 saturated heterocycles. The highest BCUT2D eigenvalue weighted by Crippen LogP contribution is 2.24. The number of carbonyl (C=O) groups excluding carboxylic acids is 2. The molecular weight excluding hydrogens is 422 g/mol. The van der Waals surface area contributed by atoms with E-state index in [-0.39, 0.29) is 29.9 Å². The first-order valence-electron chi connectivity index (χ1n) is 8.59. The van der Waals surface area contributed by atoms with Crippen molar-refractivity contribution in [3.05, 3.63) is 69.5 Å². The second-order valence-electron chi connectivity index (χ2n) is 6.13. The summed E-state index contributed by atoms with van der Waals surface area (Å²) in [6.45, 7) is 1.91. The van der Waals surface area contributed by atoms with E-state index in [9.17, 15) is 14.0 Å². The van der Waals surface area contributed by atoms with Gasteiger partial charge < -0.3 is 10.2 Å². The summed E-state index contributed by atoms with van der Waals surface area (Å²) in [6, 6.07) is 11.0. The average Bonchev–Trinajstić information content (AvgIpc) is 2.67. The maximum Gasteiger partial charge on any atom is 0.242 e. The molecule has 0 aromatic heterocycles. The van der Waals surface area contributed by atoms with Crippen LogP contribution in [0.5, 0.6) is 0 Å². The molecule has 2 aromatic carbocycles. The van der Waals surface area contributed by atoms with Gasteiger partial charge in [-0.2, -0.15) is 0 Å². The Morgan fingerprint density at radius 3 is 2.57 bits per heavy atom. The fourth-order valence-corrected chi connectivity index (χ4v) is 4.08. The summed E-state index contributed by atoms with van der Waals surface area (Å²) in [7, 11) is 1.52. The summed E-state index contributed by atoms with van der Waals surface area (Å²) >= 11 is 13.3. The number of carbonyl (C=O) groups is 2. The third-order valence-corrected chi connectivity index (χ3v) is 5.72. The van der Waals surface area contributed by atoms with E-state index in [4.69, 9.17) is 23.2 Å². The van der Waals surface area contributed by atoms with Crippen molar-refractivity contribution < 1.29 is 14.0 Å². The first-order chi connectivity index (χ1) is 13.3. The van der Waals surface area contributed by atoms with Gasteiger partial charge in [-0.15, -0.1) is 11.8 Å².